The molecule has 3 nitrogen and oxygen atoms in total. The van der Waals surface area contributed by atoms with Gasteiger partial charge in [0.1, 0.15) is 0 Å². The van der Waals surface area contributed by atoms with E-state index in [4.69, 9.17) is 4.74 Å². The van der Waals surface area contributed by atoms with Gasteiger partial charge in [0.05, 0.1) is 12.7 Å². The van der Waals surface area contributed by atoms with Crippen molar-refractivity contribution in [1.82, 2.24) is 10.2 Å². The molecular formula is C16H32N2O. The number of ether oxygens (including phenoxy) is 1. The zero-order chi connectivity index (χ0) is 13.5. The third-order valence-electron chi connectivity index (χ3n) is 4.81. The van der Waals surface area contributed by atoms with E-state index in [9.17, 15) is 0 Å². The monoisotopic (exact) mass is 268 g/mol. The molecule has 1 N–H and O–H groups in total. The second-order valence-corrected chi connectivity index (χ2v) is 6.18. The first-order valence-electron chi connectivity index (χ1n) is 8.42. The second kappa shape index (κ2) is 8.23. The van der Waals surface area contributed by atoms with Gasteiger partial charge in [-0.2, -0.15) is 0 Å². The highest BCUT2D eigenvalue weighted by molar-refractivity contribution is 4.89. The summed E-state index contributed by atoms with van der Waals surface area (Å²) in [5.41, 5.74) is 0. The Bertz CT molecular complexity index is 241. The predicted octanol–water partition coefficient (Wildman–Crippen LogP) is 2.66. The summed E-state index contributed by atoms with van der Waals surface area (Å²) in [5.74, 6) is 0.835. The Hall–Kier alpha value is -0.120. The van der Waals surface area contributed by atoms with E-state index in [1.165, 1.54) is 38.5 Å². The van der Waals surface area contributed by atoms with Crippen molar-refractivity contribution < 1.29 is 4.74 Å². The Morgan fingerprint density at radius 3 is 2.68 bits per heavy atom. The van der Waals surface area contributed by atoms with Gasteiger partial charge in [-0.1, -0.05) is 33.1 Å². The number of rotatable bonds is 6. The molecule has 0 aromatic heterocycles. The summed E-state index contributed by atoms with van der Waals surface area (Å²) in [6.07, 6.45) is 8.68. The topological polar surface area (TPSA) is 24.5 Å². The minimum atomic E-state index is 0.406. The molecule has 3 heteroatoms. The normalized spacial score (nSPS) is 28.4. The lowest BCUT2D eigenvalue weighted by atomic mass is 9.81. The molecule has 1 heterocycles. The van der Waals surface area contributed by atoms with Gasteiger partial charge in [-0.3, -0.25) is 4.90 Å². The molecule has 1 aliphatic heterocycles. The van der Waals surface area contributed by atoms with Gasteiger partial charge in [-0.05, 0) is 38.3 Å². The summed E-state index contributed by atoms with van der Waals surface area (Å²) in [6, 6.07) is 0.578. The SMILES string of the molecule is CCCNC(C1CCCCC1)C1CN(CC)CCO1. The lowest BCUT2D eigenvalue weighted by Crippen LogP contribution is -2.55. The average molecular weight is 268 g/mol. The summed E-state index contributed by atoms with van der Waals surface area (Å²) in [4.78, 5) is 2.54. The van der Waals surface area contributed by atoms with Gasteiger partial charge in [0.2, 0.25) is 0 Å². The zero-order valence-corrected chi connectivity index (χ0v) is 12.9. The van der Waals surface area contributed by atoms with Gasteiger partial charge in [0, 0.05) is 19.1 Å². The Labute approximate surface area is 119 Å². The molecule has 0 radical (unpaired) electrons. The van der Waals surface area contributed by atoms with E-state index in [2.05, 4.69) is 24.1 Å². The van der Waals surface area contributed by atoms with E-state index in [1.807, 2.05) is 0 Å². The minimum Gasteiger partial charge on any atom is -0.374 e. The standard InChI is InChI=1S/C16H32N2O/c1-3-10-17-16(14-8-6-5-7-9-14)15-13-18(4-2)11-12-19-15/h14-17H,3-13H2,1-2H3. The summed E-state index contributed by atoms with van der Waals surface area (Å²) >= 11 is 0. The van der Waals surface area contributed by atoms with Gasteiger partial charge in [0.25, 0.3) is 0 Å². The first-order valence-corrected chi connectivity index (χ1v) is 8.42. The van der Waals surface area contributed by atoms with Crippen molar-refractivity contribution in [2.24, 2.45) is 5.92 Å². The fourth-order valence-electron chi connectivity index (χ4n) is 3.64. The number of nitrogens with zero attached hydrogens (tertiary/aromatic N) is 1. The maximum absolute atomic E-state index is 6.12. The molecule has 0 spiro atoms. The predicted molar refractivity (Wildman–Crippen MR) is 80.5 cm³/mol. The van der Waals surface area contributed by atoms with Crippen molar-refractivity contribution in [3.05, 3.63) is 0 Å². The molecule has 1 saturated carbocycles. The molecule has 2 unspecified atom stereocenters. The van der Waals surface area contributed by atoms with E-state index in [0.29, 0.717) is 12.1 Å². The van der Waals surface area contributed by atoms with E-state index < -0.39 is 0 Å². The van der Waals surface area contributed by atoms with Crippen LogP contribution in [0.4, 0.5) is 0 Å². The highest BCUT2D eigenvalue weighted by atomic mass is 16.5. The van der Waals surface area contributed by atoms with Crippen LogP contribution in [0.1, 0.15) is 52.4 Å². The lowest BCUT2D eigenvalue weighted by Gasteiger charge is -2.41. The molecule has 2 rings (SSSR count). The highest BCUT2D eigenvalue weighted by Crippen LogP contribution is 2.29. The van der Waals surface area contributed by atoms with Crippen LogP contribution in [-0.4, -0.2) is 49.8 Å². The van der Waals surface area contributed by atoms with Crippen molar-refractivity contribution in [2.75, 3.05) is 32.8 Å². The van der Waals surface area contributed by atoms with Crippen molar-refractivity contribution in [3.8, 4) is 0 Å². The molecule has 112 valence electrons. The Kier molecular flexibility index (Phi) is 6.62. The van der Waals surface area contributed by atoms with Crippen LogP contribution in [0, 0.1) is 5.92 Å². The highest BCUT2D eigenvalue weighted by Gasteiger charge is 2.33. The maximum Gasteiger partial charge on any atom is 0.0857 e. The second-order valence-electron chi connectivity index (χ2n) is 6.18. The maximum atomic E-state index is 6.12. The molecule has 0 aromatic carbocycles. The van der Waals surface area contributed by atoms with Crippen LogP contribution < -0.4 is 5.32 Å². The van der Waals surface area contributed by atoms with Gasteiger partial charge in [0.15, 0.2) is 0 Å². The summed E-state index contributed by atoms with van der Waals surface area (Å²) in [7, 11) is 0. The van der Waals surface area contributed by atoms with Crippen LogP contribution in [0.2, 0.25) is 0 Å². The van der Waals surface area contributed by atoms with Gasteiger partial charge < -0.3 is 10.1 Å². The summed E-state index contributed by atoms with van der Waals surface area (Å²) in [5, 5.41) is 3.80. The van der Waals surface area contributed by atoms with Gasteiger partial charge in [-0.25, -0.2) is 0 Å². The number of morpholine rings is 1. The van der Waals surface area contributed by atoms with Crippen LogP contribution in [0.3, 0.4) is 0 Å². The number of nitrogens with one attached hydrogen (secondary N) is 1. The molecule has 2 atom stereocenters. The fraction of sp³-hybridized carbons (Fsp3) is 1.00. The molecule has 0 aromatic rings. The van der Waals surface area contributed by atoms with Crippen molar-refractivity contribution >= 4 is 0 Å². The van der Waals surface area contributed by atoms with Gasteiger partial charge >= 0.3 is 0 Å². The smallest absolute Gasteiger partial charge is 0.0857 e. The number of hydrogen-bond donors (Lipinski definition) is 1. The average Bonchev–Trinajstić information content (AvgIpc) is 2.49. The summed E-state index contributed by atoms with van der Waals surface area (Å²) < 4.78 is 6.12. The lowest BCUT2D eigenvalue weighted by molar-refractivity contribution is -0.0579. The van der Waals surface area contributed by atoms with E-state index in [-0.39, 0.29) is 0 Å². The zero-order valence-electron chi connectivity index (χ0n) is 12.9. The first-order chi connectivity index (χ1) is 9.35. The first kappa shape index (κ1) is 15.3. The Morgan fingerprint density at radius 1 is 1.21 bits per heavy atom. The van der Waals surface area contributed by atoms with Crippen molar-refractivity contribution in [2.45, 2.75) is 64.5 Å². The number of likely N-dealkylation sites (N-methyl/N-ethyl adjacent to an activating group) is 1. The molecule has 2 aliphatic rings. The van der Waals surface area contributed by atoms with Crippen LogP contribution in [0.5, 0.6) is 0 Å². The molecule has 1 saturated heterocycles. The largest absolute Gasteiger partial charge is 0.374 e. The third-order valence-corrected chi connectivity index (χ3v) is 4.81. The van der Waals surface area contributed by atoms with Crippen LogP contribution in [0.15, 0.2) is 0 Å². The van der Waals surface area contributed by atoms with Crippen molar-refractivity contribution in [3.63, 3.8) is 0 Å². The molecular weight excluding hydrogens is 236 g/mol. The fourth-order valence-corrected chi connectivity index (χ4v) is 3.64. The summed E-state index contributed by atoms with van der Waals surface area (Å²) in [6.45, 7) is 9.95. The molecule has 1 aliphatic carbocycles. The molecule has 0 amide bonds. The van der Waals surface area contributed by atoms with Gasteiger partial charge in [-0.15, -0.1) is 0 Å². The van der Waals surface area contributed by atoms with Crippen LogP contribution in [0.25, 0.3) is 0 Å². The minimum absolute atomic E-state index is 0.406. The van der Waals surface area contributed by atoms with E-state index >= 15 is 0 Å². The molecule has 2 fully saturated rings. The number of hydrogen-bond acceptors (Lipinski definition) is 3. The van der Waals surface area contributed by atoms with E-state index in [0.717, 1.165) is 38.7 Å². The molecule has 19 heavy (non-hydrogen) atoms. The van der Waals surface area contributed by atoms with Crippen molar-refractivity contribution in [1.29, 1.82) is 0 Å². The Morgan fingerprint density at radius 2 is 2.00 bits per heavy atom. The third kappa shape index (κ3) is 4.44. The van der Waals surface area contributed by atoms with Crippen LogP contribution in [-0.2, 0) is 4.74 Å². The van der Waals surface area contributed by atoms with E-state index in [1.54, 1.807) is 0 Å². The molecule has 0 bridgehead atoms. The quantitative estimate of drug-likeness (QED) is 0.801. The Balaban J connectivity index is 1.94. The van der Waals surface area contributed by atoms with Crippen LogP contribution >= 0.6 is 0 Å².